The quantitative estimate of drug-likeness (QED) is 0.763. The number of benzene rings is 2. The standard InChI is InChI=1S/C16H16ClFO2/c1-19-14-8-12(9-15(10-14)20-2)16(17)7-11-3-5-13(18)6-4-11/h3-6,8-10,16H,7H2,1-2H3. The second-order valence-electron chi connectivity index (χ2n) is 4.44. The molecule has 0 aliphatic rings. The van der Waals surface area contributed by atoms with Crippen LogP contribution in [-0.4, -0.2) is 14.2 Å². The van der Waals surface area contributed by atoms with Crippen molar-refractivity contribution in [3.8, 4) is 11.5 Å². The van der Waals surface area contributed by atoms with Gasteiger partial charge in [0.25, 0.3) is 0 Å². The summed E-state index contributed by atoms with van der Waals surface area (Å²) in [5.41, 5.74) is 1.89. The van der Waals surface area contributed by atoms with E-state index in [2.05, 4.69) is 0 Å². The highest BCUT2D eigenvalue weighted by molar-refractivity contribution is 6.21. The topological polar surface area (TPSA) is 18.5 Å². The van der Waals surface area contributed by atoms with Gasteiger partial charge in [-0.1, -0.05) is 12.1 Å². The molecule has 1 atom stereocenters. The van der Waals surface area contributed by atoms with Crippen LogP contribution >= 0.6 is 11.6 Å². The normalized spacial score (nSPS) is 12.0. The molecule has 2 aromatic carbocycles. The van der Waals surface area contributed by atoms with Crippen molar-refractivity contribution in [2.24, 2.45) is 0 Å². The molecule has 0 radical (unpaired) electrons. The third-order valence-electron chi connectivity index (χ3n) is 3.06. The Balaban J connectivity index is 2.19. The summed E-state index contributed by atoms with van der Waals surface area (Å²) >= 11 is 6.43. The van der Waals surface area contributed by atoms with Crippen molar-refractivity contribution >= 4 is 11.6 Å². The Morgan fingerprint density at radius 2 is 1.55 bits per heavy atom. The molecule has 0 heterocycles. The maximum Gasteiger partial charge on any atom is 0.123 e. The van der Waals surface area contributed by atoms with Crippen LogP contribution in [0.15, 0.2) is 42.5 Å². The fraction of sp³-hybridized carbons (Fsp3) is 0.250. The van der Waals surface area contributed by atoms with Gasteiger partial charge in [-0.25, -0.2) is 4.39 Å². The molecule has 0 fully saturated rings. The van der Waals surface area contributed by atoms with Gasteiger partial charge in [0.15, 0.2) is 0 Å². The minimum atomic E-state index is -0.247. The predicted octanol–water partition coefficient (Wildman–Crippen LogP) is 4.37. The smallest absolute Gasteiger partial charge is 0.123 e. The lowest BCUT2D eigenvalue weighted by Gasteiger charge is -2.13. The SMILES string of the molecule is COc1cc(OC)cc(C(Cl)Cc2ccc(F)cc2)c1. The molecule has 0 spiro atoms. The molecule has 2 rings (SSSR count). The van der Waals surface area contributed by atoms with Crippen LogP contribution in [0.3, 0.4) is 0 Å². The van der Waals surface area contributed by atoms with E-state index in [1.165, 1.54) is 12.1 Å². The highest BCUT2D eigenvalue weighted by Gasteiger charge is 2.12. The number of rotatable bonds is 5. The summed E-state index contributed by atoms with van der Waals surface area (Å²) < 4.78 is 23.3. The molecule has 20 heavy (non-hydrogen) atoms. The first-order valence-corrected chi connectivity index (χ1v) is 6.67. The van der Waals surface area contributed by atoms with Crippen LogP contribution in [0.1, 0.15) is 16.5 Å². The molecule has 4 heteroatoms. The van der Waals surface area contributed by atoms with Crippen molar-refractivity contribution in [1.82, 2.24) is 0 Å². The van der Waals surface area contributed by atoms with Crippen LogP contribution in [0.4, 0.5) is 4.39 Å². The Bertz CT molecular complexity index is 547. The van der Waals surface area contributed by atoms with Crippen molar-refractivity contribution in [2.75, 3.05) is 14.2 Å². The predicted molar refractivity (Wildman–Crippen MR) is 78.2 cm³/mol. The van der Waals surface area contributed by atoms with Gasteiger partial charge in [0.05, 0.1) is 19.6 Å². The molecular formula is C16H16ClFO2. The molecule has 0 N–H and O–H groups in total. The summed E-state index contributed by atoms with van der Waals surface area (Å²) in [7, 11) is 3.20. The Morgan fingerprint density at radius 1 is 1.00 bits per heavy atom. The number of alkyl halides is 1. The van der Waals surface area contributed by atoms with Crippen LogP contribution in [0, 0.1) is 5.82 Å². The van der Waals surface area contributed by atoms with Gasteiger partial charge in [-0.15, -0.1) is 11.6 Å². The third kappa shape index (κ3) is 3.64. The molecule has 2 nitrogen and oxygen atoms in total. The Kier molecular flexibility index (Phi) is 4.85. The van der Waals surface area contributed by atoms with Gasteiger partial charge in [-0.05, 0) is 41.8 Å². The van der Waals surface area contributed by atoms with E-state index in [1.807, 2.05) is 12.1 Å². The lowest BCUT2D eigenvalue weighted by molar-refractivity contribution is 0.393. The fourth-order valence-corrected chi connectivity index (χ4v) is 2.26. The molecule has 2 aromatic rings. The average Bonchev–Trinajstić information content (AvgIpc) is 2.48. The highest BCUT2D eigenvalue weighted by atomic mass is 35.5. The third-order valence-corrected chi connectivity index (χ3v) is 3.47. The molecule has 0 aliphatic heterocycles. The van der Waals surface area contributed by atoms with Gasteiger partial charge in [-0.2, -0.15) is 0 Å². The fourth-order valence-electron chi connectivity index (χ4n) is 1.96. The minimum absolute atomic E-state index is 0.232. The van der Waals surface area contributed by atoms with Crippen molar-refractivity contribution < 1.29 is 13.9 Å². The van der Waals surface area contributed by atoms with Crippen molar-refractivity contribution in [3.63, 3.8) is 0 Å². The number of hydrogen-bond donors (Lipinski definition) is 0. The average molecular weight is 295 g/mol. The number of halogens is 2. The van der Waals surface area contributed by atoms with Crippen molar-refractivity contribution in [1.29, 1.82) is 0 Å². The van der Waals surface area contributed by atoms with Gasteiger partial charge in [-0.3, -0.25) is 0 Å². The van der Waals surface area contributed by atoms with Crippen LogP contribution in [-0.2, 0) is 6.42 Å². The lowest BCUT2D eigenvalue weighted by atomic mass is 10.0. The summed E-state index contributed by atoms with van der Waals surface area (Å²) in [5, 5.41) is -0.232. The van der Waals surface area contributed by atoms with Crippen LogP contribution in [0.25, 0.3) is 0 Å². The van der Waals surface area contributed by atoms with E-state index in [4.69, 9.17) is 21.1 Å². The van der Waals surface area contributed by atoms with E-state index < -0.39 is 0 Å². The van der Waals surface area contributed by atoms with E-state index >= 15 is 0 Å². The molecule has 0 amide bonds. The number of methoxy groups -OCH3 is 2. The number of hydrogen-bond acceptors (Lipinski definition) is 2. The molecule has 0 aliphatic carbocycles. The summed E-state index contributed by atoms with van der Waals surface area (Å²) in [6, 6.07) is 11.9. The van der Waals surface area contributed by atoms with E-state index in [9.17, 15) is 4.39 Å². The van der Waals surface area contributed by atoms with Crippen LogP contribution < -0.4 is 9.47 Å². The number of ether oxygens (including phenoxy) is 2. The first kappa shape index (κ1) is 14.7. The molecule has 0 saturated carbocycles. The van der Waals surface area contributed by atoms with E-state index in [-0.39, 0.29) is 11.2 Å². The first-order valence-electron chi connectivity index (χ1n) is 6.24. The molecule has 0 aromatic heterocycles. The van der Waals surface area contributed by atoms with Gasteiger partial charge < -0.3 is 9.47 Å². The van der Waals surface area contributed by atoms with E-state index in [0.29, 0.717) is 17.9 Å². The van der Waals surface area contributed by atoms with Crippen LogP contribution in [0.5, 0.6) is 11.5 Å². The van der Waals surface area contributed by atoms with Crippen LogP contribution in [0.2, 0.25) is 0 Å². The highest BCUT2D eigenvalue weighted by Crippen LogP contribution is 2.31. The summed E-state index contributed by atoms with van der Waals surface area (Å²) in [6.07, 6.45) is 0.609. The largest absolute Gasteiger partial charge is 0.497 e. The Labute approximate surface area is 123 Å². The first-order chi connectivity index (χ1) is 9.62. The second kappa shape index (κ2) is 6.62. The molecule has 0 bridgehead atoms. The maximum absolute atomic E-state index is 12.9. The van der Waals surface area contributed by atoms with E-state index in [0.717, 1.165) is 11.1 Å². The lowest BCUT2D eigenvalue weighted by Crippen LogP contribution is -1.98. The van der Waals surface area contributed by atoms with Crippen molar-refractivity contribution in [3.05, 3.63) is 59.4 Å². The molecular weight excluding hydrogens is 279 g/mol. The van der Waals surface area contributed by atoms with Gasteiger partial charge in [0.2, 0.25) is 0 Å². The molecule has 1 unspecified atom stereocenters. The maximum atomic E-state index is 12.9. The molecule has 0 saturated heterocycles. The zero-order chi connectivity index (χ0) is 14.5. The molecule has 106 valence electrons. The monoisotopic (exact) mass is 294 g/mol. The zero-order valence-corrected chi connectivity index (χ0v) is 12.2. The van der Waals surface area contributed by atoms with Gasteiger partial charge in [0.1, 0.15) is 17.3 Å². The summed E-state index contributed by atoms with van der Waals surface area (Å²) in [5.74, 6) is 1.15. The van der Waals surface area contributed by atoms with Crippen molar-refractivity contribution in [2.45, 2.75) is 11.8 Å². The van der Waals surface area contributed by atoms with Gasteiger partial charge in [0, 0.05) is 6.07 Å². The zero-order valence-electron chi connectivity index (χ0n) is 11.4. The summed E-state index contributed by atoms with van der Waals surface area (Å²) in [4.78, 5) is 0. The van der Waals surface area contributed by atoms with E-state index in [1.54, 1.807) is 32.4 Å². The van der Waals surface area contributed by atoms with Gasteiger partial charge >= 0.3 is 0 Å². The minimum Gasteiger partial charge on any atom is -0.497 e. The second-order valence-corrected chi connectivity index (χ2v) is 4.97. The summed E-state index contributed by atoms with van der Waals surface area (Å²) in [6.45, 7) is 0. The Hall–Kier alpha value is -1.74. The Morgan fingerprint density at radius 3 is 2.05 bits per heavy atom.